The molecule has 2 heterocycles. The van der Waals surface area contributed by atoms with Crippen molar-refractivity contribution < 1.29 is 34.8 Å². The highest BCUT2D eigenvalue weighted by molar-refractivity contribution is 7.99. The Kier molecular flexibility index (Phi) is 12.7. The van der Waals surface area contributed by atoms with Crippen molar-refractivity contribution in [1.82, 2.24) is 20.0 Å². The summed E-state index contributed by atoms with van der Waals surface area (Å²) in [5, 5.41) is 45.3. The molecule has 0 saturated carbocycles. The van der Waals surface area contributed by atoms with Gasteiger partial charge in [-0.15, -0.1) is 11.8 Å². The average molecular weight is 673 g/mol. The van der Waals surface area contributed by atoms with E-state index in [4.69, 9.17) is 4.74 Å². The Hall–Kier alpha value is -2.71. The molecule has 6 atom stereocenters. The molecule has 0 aliphatic carbocycles. The second-order valence-corrected chi connectivity index (χ2v) is 14.4. The first kappa shape index (κ1) is 37.1. The molecular formula is C35H52N4O7S. The quantitative estimate of drug-likeness (QED) is 0.243. The van der Waals surface area contributed by atoms with E-state index in [1.165, 1.54) is 11.8 Å². The van der Waals surface area contributed by atoms with Crippen LogP contribution in [0.25, 0.3) is 0 Å². The number of urea groups is 1. The SMILES string of the molecule is CS[C@H]1O[C@@H](c2ccc(C)c(Cc3ccc(CCCC(=O)NC(C)(C)C(O)N4CCN(C(=O)N(C)C)CC4)cc3)c2)[C@H](O)[C@@H](O)[C@@H]1O. The fourth-order valence-electron chi connectivity index (χ4n) is 6.26. The summed E-state index contributed by atoms with van der Waals surface area (Å²) >= 11 is 1.30. The zero-order chi connectivity index (χ0) is 34.5. The van der Waals surface area contributed by atoms with Crippen LogP contribution >= 0.6 is 11.8 Å². The number of nitrogens with one attached hydrogen (secondary N) is 1. The maximum Gasteiger partial charge on any atom is 0.319 e. The Balaban J connectivity index is 1.25. The highest BCUT2D eigenvalue weighted by atomic mass is 32.2. The smallest absolute Gasteiger partial charge is 0.319 e. The van der Waals surface area contributed by atoms with Gasteiger partial charge in [0.25, 0.3) is 0 Å². The maximum absolute atomic E-state index is 12.8. The van der Waals surface area contributed by atoms with Crippen molar-refractivity contribution in [2.75, 3.05) is 46.5 Å². The van der Waals surface area contributed by atoms with Crippen LogP contribution in [0.5, 0.6) is 0 Å². The van der Waals surface area contributed by atoms with E-state index >= 15 is 0 Å². The molecule has 2 aromatic carbocycles. The van der Waals surface area contributed by atoms with Crippen LogP contribution in [0.1, 0.15) is 60.6 Å². The van der Waals surface area contributed by atoms with E-state index < -0.39 is 41.6 Å². The van der Waals surface area contributed by atoms with Crippen LogP contribution in [0, 0.1) is 6.92 Å². The van der Waals surface area contributed by atoms with Crippen LogP contribution in [0.3, 0.4) is 0 Å². The monoisotopic (exact) mass is 672 g/mol. The second-order valence-electron chi connectivity index (χ2n) is 13.5. The van der Waals surface area contributed by atoms with Gasteiger partial charge in [0.05, 0.1) is 5.54 Å². The first-order valence-electron chi connectivity index (χ1n) is 16.3. The molecular weight excluding hydrogens is 620 g/mol. The number of thioether (sulfide) groups is 1. The number of carbonyl (C=O) groups is 2. The largest absolute Gasteiger partial charge is 0.387 e. The molecule has 47 heavy (non-hydrogen) atoms. The topological polar surface area (TPSA) is 146 Å². The molecule has 11 nitrogen and oxygen atoms in total. The van der Waals surface area contributed by atoms with Gasteiger partial charge in [-0.1, -0.05) is 42.5 Å². The van der Waals surface area contributed by atoms with Crippen LogP contribution in [0.4, 0.5) is 4.79 Å². The van der Waals surface area contributed by atoms with Gasteiger partial charge >= 0.3 is 6.03 Å². The van der Waals surface area contributed by atoms with Crippen molar-refractivity contribution in [1.29, 1.82) is 0 Å². The number of hydrogen-bond acceptors (Lipinski definition) is 9. The maximum atomic E-state index is 12.8. The van der Waals surface area contributed by atoms with Crippen LogP contribution < -0.4 is 5.32 Å². The number of amides is 3. The minimum Gasteiger partial charge on any atom is -0.387 e. The van der Waals surface area contributed by atoms with Gasteiger partial charge in [-0.25, -0.2) is 4.79 Å². The van der Waals surface area contributed by atoms with E-state index in [2.05, 4.69) is 29.6 Å². The lowest BCUT2D eigenvalue weighted by atomic mass is 9.91. The lowest BCUT2D eigenvalue weighted by Crippen LogP contribution is -2.63. The van der Waals surface area contributed by atoms with Crippen molar-refractivity contribution in [3.8, 4) is 0 Å². The Labute approximate surface area is 282 Å². The fourth-order valence-corrected chi connectivity index (χ4v) is 6.93. The van der Waals surface area contributed by atoms with E-state index in [-0.39, 0.29) is 11.9 Å². The zero-order valence-electron chi connectivity index (χ0n) is 28.4. The third-order valence-electron chi connectivity index (χ3n) is 9.21. The summed E-state index contributed by atoms with van der Waals surface area (Å²) in [6.45, 7) is 7.80. The first-order chi connectivity index (χ1) is 22.2. The molecule has 260 valence electrons. The molecule has 0 spiro atoms. The van der Waals surface area contributed by atoms with Gasteiger partial charge in [-0.3, -0.25) is 9.69 Å². The van der Waals surface area contributed by atoms with E-state index in [1.54, 1.807) is 30.2 Å². The van der Waals surface area contributed by atoms with E-state index in [1.807, 2.05) is 43.9 Å². The molecule has 0 aromatic heterocycles. The summed E-state index contributed by atoms with van der Waals surface area (Å²) in [7, 11) is 3.45. The highest BCUT2D eigenvalue weighted by Gasteiger charge is 2.44. The molecule has 2 fully saturated rings. The molecule has 2 saturated heterocycles. The third-order valence-corrected chi connectivity index (χ3v) is 10.1. The summed E-state index contributed by atoms with van der Waals surface area (Å²) < 4.78 is 5.96. The standard InChI is InChI=1S/C35H52N4O7S/c1-22-10-15-25(31-29(42)28(41)30(43)32(46-31)47-6)21-26(22)20-24-13-11-23(12-14-24)8-7-9-27(40)36-35(2,3)33(44)38-16-18-39(19-17-38)34(45)37(4)5/h10-15,21,28-33,41-44H,7-9,16-20H2,1-6H3,(H,36,40)/t28-,29-,30+,31+,32-,33?/m1/s1. The number of aliphatic hydroxyl groups excluding tert-OH is 4. The summed E-state index contributed by atoms with van der Waals surface area (Å²) in [6, 6.07) is 14.2. The minimum absolute atomic E-state index is 0.0392. The van der Waals surface area contributed by atoms with E-state index in [0.29, 0.717) is 45.4 Å². The van der Waals surface area contributed by atoms with Gasteiger partial charge in [0.1, 0.15) is 36.1 Å². The van der Waals surface area contributed by atoms with Gasteiger partial charge in [0, 0.05) is 46.7 Å². The number of hydrogen-bond donors (Lipinski definition) is 5. The zero-order valence-corrected chi connectivity index (χ0v) is 29.2. The van der Waals surface area contributed by atoms with Crippen molar-refractivity contribution in [3.05, 3.63) is 70.3 Å². The Morgan fingerprint density at radius 2 is 1.64 bits per heavy atom. The molecule has 12 heteroatoms. The van der Waals surface area contributed by atoms with Gasteiger partial charge in [0.2, 0.25) is 5.91 Å². The Morgan fingerprint density at radius 1 is 1.00 bits per heavy atom. The van der Waals surface area contributed by atoms with Crippen molar-refractivity contribution in [2.45, 2.75) is 88.1 Å². The number of aryl methyl sites for hydroxylation is 2. The highest BCUT2D eigenvalue weighted by Crippen LogP contribution is 2.36. The fraction of sp³-hybridized carbons (Fsp3) is 0.600. The van der Waals surface area contributed by atoms with Crippen LogP contribution in [0.15, 0.2) is 42.5 Å². The predicted molar refractivity (Wildman–Crippen MR) is 183 cm³/mol. The van der Waals surface area contributed by atoms with Gasteiger partial charge < -0.3 is 40.3 Å². The summed E-state index contributed by atoms with van der Waals surface area (Å²) in [5.74, 6) is -0.111. The first-order valence-corrected chi connectivity index (χ1v) is 17.6. The molecule has 2 aliphatic heterocycles. The molecule has 1 unspecified atom stereocenters. The molecule has 5 N–H and O–H groups in total. The molecule has 0 bridgehead atoms. The number of rotatable bonds is 11. The Bertz CT molecular complexity index is 1350. The summed E-state index contributed by atoms with van der Waals surface area (Å²) in [5.41, 5.74) is 3.72. The molecule has 0 radical (unpaired) electrons. The number of benzene rings is 2. The van der Waals surface area contributed by atoms with Crippen LogP contribution in [0.2, 0.25) is 0 Å². The number of piperazine rings is 1. The molecule has 3 amide bonds. The van der Waals surface area contributed by atoms with Crippen molar-refractivity contribution in [3.63, 3.8) is 0 Å². The predicted octanol–water partition coefficient (Wildman–Crippen LogP) is 2.26. The van der Waals surface area contributed by atoms with Gasteiger partial charge in [0.15, 0.2) is 0 Å². The minimum atomic E-state index is -1.29. The van der Waals surface area contributed by atoms with E-state index in [9.17, 15) is 30.0 Å². The lowest BCUT2D eigenvalue weighted by Gasteiger charge is -2.43. The van der Waals surface area contributed by atoms with Gasteiger partial charge in [-0.2, -0.15) is 0 Å². The van der Waals surface area contributed by atoms with E-state index in [0.717, 1.165) is 34.2 Å². The summed E-state index contributed by atoms with van der Waals surface area (Å²) in [6.07, 6.45) is -1.06. The lowest BCUT2D eigenvalue weighted by molar-refractivity contribution is -0.200. The van der Waals surface area contributed by atoms with Crippen molar-refractivity contribution in [2.24, 2.45) is 0 Å². The second kappa shape index (κ2) is 16.1. The third kappa shape index (κ3) is 9.26. The molecule has 4 rings (SSSR count). The number of ether oxygens (including phenoxy) is 1. The normalized spacial score (nSPS) is 24.6. The van der Waals surface area contributed by atoms with Crippen LogP contribution in [-0.2, 0) is 22.4 Å². The molecule has 2 aromatic rings. The van der Waals surface area contributed by atoms with Crippen LogP contribution in [-0.4, -0.2) is 129 Å². The summed E-state index contributed by atoms with van der Waals surface area (Å²) in [4.78, 5) is 30.3. The number of nitrogens with zero attached hydrogens (tertiary/aromatic N) is 3. The number of carbonyl (C=O) groups excluding carboxylic acids is 2. The van der Waals surface area contributed by atoms with Gasteiger partial charge in [-0.05, 0) is 74.1 Å². The molecule has 2 aliphatic rings. The number of aliphatic hydroxyl groups is 4. The Morgan fingerprint density at radius 3 is 2.26 bits per heavy atom. The average Bonchev–Trinajstić information content (AvgIpc) is 3.05. The van der Waals surface area contributed by atoms with Crippen molar-refractivity contribution >= 4 is 23.7 Å².